The van der Waals surface area contributed by atoms with Crippen LogP contribution in [-0.2, 0) is 23.7 Å². The third-order valence-electron chi connectivity index (χ3n) is 17.6. The van der Waals surface area contributed by atoms with Crippen LogP contribution in [-0.4, -0.2) is 66.2 Å². The molecule has 2 heterocycles. The van der Waals surface area contributed by atoms with Crippen LogP contribution in [0.5, 0.6) is 0 Å². The molecule has 0 aromatic rings. The van der Waals surface area contributed by atoms with Crippen LogP contribution >= 0.6 is 0 Å². The summed E-state index contributed by atoms with van der Waals surface area (Å²) in [4.78, 5) is 13.2. The first kappa shape index (κ1) is 41.0. The maximum Gasteiger partial charge on any atom is 0.174 e. The second-order valence-electron chi connectivity index (χ2n) is 19.2. The number of aliphatic hydroxyl groups is 2. The van der Waals surface area contributed by atoms with Crippen LogP contribution in [0.15, 0.2) is 23.3 Å². The predicted octanol–water partition coefficient (Wildman–Crippen LogP) is 7.29. The van der Waals surface area contributed by atoms with Crippen molar-refractivity contribution >= 4 is 5.78 Å². The fourth-order valence-electron chi connectivity index (χ4n) is 14.8. The van der Waals surface area contributed by atoms with Crippen LogP contribution in [0.4, 0.5) is 0 Å². The minimum Gasteiger partial charge on any atom is -0.393 e. The number of hydrogen-bond donors (Lipinski definition) is 2. The van der Waals surface area contributed by atoms with Crippen molar-refractivity contribution < 1.29 is 122 Å². The Morgan fingerprint density at radius 1 is 0.588 bits per heavy atom. The largest absolute Gasteiger partial charge is 0.393 e. The van der Waals surface area contributed by atoms with Crippen LogP contribution in [0.2, 0.25) is 0 Å². The number of ketones is 1. The standard InChI is InChI=1S/C21H30O4.C21H32O3.2Ac/c1-19-6-3-14(22)11-13(19)12-17(23)18-15(19)4-7-20(2)16(18)5-8-21(20)24-9-10-25-21;1-19-8-5-15(22)13-14(19)3-4-16-17(19)6-9-20(2)18(16)7-10-21(20)23-11-12-24-21;;/h12,14-16,18,22H,3-11H2,1-2H3;3,15-18,22H,4-13H2,1-2H3;;/t14?,15?,16?,18?,19-,20-;15?,16?,17?,18?,19-,20-;;/m00../s1. The zero-order valence-electron chi connectivity index (χ0n) is 31.8. The van der Waals surface area contributed by atoms with Gasteiger partial charge in [-0.1, -0.05) is 44.9 Å². The molecule has 7 nitrogen and oxygen atoms in total. The zero-order chi connectivity index (χ0) is 34.0. The molecule has 0 bridgehead atoms. The van der Waals surface area contributed by atoms with Crippen molar-refractivity contribution in [2.45, 2.75) is 148 Å². The Kier molecular flexibility index (Phi) is 11.7. The van der Waals surface area contributed by atoms with Gasteiger partial charge >= 0.3 is 0 Å². The van der Waals surface area contributed by atoms with Gasteiger partial charge in [-0.25, -0.2) is 0 Å². The quantitative estimate of drug-likeness (QED) is 0.247. The molecule has 8 aliphatic carbocycles. The number of aliphatic hydroxyl groups excluding tert-OH is 2. The molecule has 2 radical (unpaired) electrons. The average Bonchev–Trinajstić information content (AvgIpc) is 3.87. The van der Waals surface area contributed by atoms with E-state index in [-0.39, 0.29) is 128 Å². The van der Waals surface area contributed by atoms with E-state index < -0.39 is 5.79 Å². The van der Waals surface area contributed by atoms with Crippen molar-refractivity contribution in [3.8, 4) is 0 Å². The van der Waals surface area contributed by atoms with Gasteiger partial charge in [-0.2, -0.15) is 0 Å². The maximum atomic E-state index is 13.2. The number of allylic oxidation sites excluding steroid dienone is 2. The van der Waals surface area contributed by atoms with E-state index in [4.69, 9.17) is 18.9 Å². The predicted molar refractivity (Wildman–Crippen MR) is 185 cm³/mol. The van der Waals surface area contributed by atoms with Crippen molar-refractivity contribution in [3.05, 3.63) is 23.3 Å². The van der Waals surface area contributed by atoms with E-state index in [1.807, 2.05) is 6.08 Å². The van der Waals surface area contributed by atoms with Crippen LogP contribution in [0.25, 0.3) is 0 Å². The van der Waals surface area contributed by atoms with Crippen LogP contribution in [0, 0.1) is 145 Å². The van der Waals surface area contributed by atoms with Crippen molar-refractivity contribution in [2.24, 2.45) is 57.2 Å². The Labute approximate surface area is 378 Å². The summed E-state index contributed by atoms with van der Waals surface area (Å²) in [7, 11) is 0. The Morgan fingerprint density at radius 2 is 1.06 bits per heavy atom. The Hall–Kier alpha value is 1.79. The molecule has 2 N–H and O–H groups in total. The molecule has 8 fully saturated rings. The number of rotatable bonds is 0. The summed E-state index contributed by atoms with van der Waals surface area (Å²) in [5.74, 6) is 2.76. The van der Waals surface area contributed by atoms with E-state index in [1.165, 1.54) is 37.7 Å². The molecular weight excluding hydrogens is 1070 g/mol. The first-order valence-electron chi connectivity index (χ1n) is 20.2. The average molecular weight is 1130 g/mol. The van der Waals surface area contributed by atoms with E-state index in [9.17, 15) is 15.0 Å². The number of carbonyl (C=O) groups excluding carboxylic acids is 1. The van der Waals surface area contributed by atoms with Gasteiger partial charge in [-0.05, 0) is 130 Å². The second kappa shape index (κ2) is 14.6. The van der Waals surface area contributed by atoms with E-state index >= 15 is 0 Å². The molecule has 12 atom stereocenters. The fraction of sp³-hybridized carbons (Fsp3) is 0.881. The molecule has 8 unspecified atom stereocenters. The molecule has 10 rings (SSSR count). The molecule has 278 valence electrons. The Morgan fingerprint density at radius 3 is 1.65 bits per heavy atom. The maximum absolute atomic E-state index is 13.2. The Bertz CT molecular complexity index is 1420. The molecule has 2 saturated heterocycles. The molecule has 9 heteroatoms. The minimum atomic E-state index is -0.448. The van der Waals surface area contributed by atoms with Gasteiger partial charge in [-0.3, -0.25) is 4.79 Å². The van der Waals surface area contributed by atoms with Gasteiger partial charge in [0.1, 0.15) is 0 Å². The van der Waals surface area contributed by atoms with Gasteiger partial charge in [0.2, 0.25) is 0 Å². The van der Waals surface area contributed by atoms with Crippen molar-refractivity contribution in [3.63, 3.8) is 0 Å². The fourth-order valence-corrected chi connectivity index (χ4v) is 14.8. The van der Waals surface area contributed by atoms with Gasteiger partial charge in [0.05, 0.1) is 38.6 Å². The van der Waals surface area contributed by atoms with Gasteiger partial charge < -0.3 is 29.2 Å². The van der Waals surface area contributed by atoms with Crippen LogP contribution in [0.3, 0.4) is 0 Å². The van der Waals surface area contributed by atoms with Gasteiger partial charge in [0, 0.05) is 118 Å². The monoisotopic (exact) mass is 1130 g/mol. The first-order chi connectivity index (χ1) is 23.4. The summed E-state index contributed by atoms with van der Waals surface area (Å²) >= 11 is 0. The number of carbonyl (C=O) groups is 1. The molecule has 10 aliphatic rings. The summed E-state index contributed by atoms with van der Waals surface area (Å²) in [5, 5.41) is 20.2. The third kappa shape index (κ3) is 5.96. The summed E-state index contributed by atoms with van der Waals surface area (Å²) in [6.07, 6.45) is 19.9. The number of fused-ring (bicyclic) bond motifs is 12. The summed E-state index contributed by atoms with van der Waals surface area (Å²) in [5.41, 5.74) is 3.34. The zero-order valence-corrected chi connectivity index (χ0v) is 41.3. The third-order valence-corrected chi connectivity index (χ3v) is 17.6. The van der Waals surface area contributed by atoms with E-state index in [0.717, 1.165) is 88.8 Å². The number of hydrogen-bond acceptors (Lipinski definition) is 7. The topological polar surface area (TPSA) is 94.5 Å². The molecule has 2 aliphatic heterocycles. The minimum absolute atomic E-state index is 0. The second-order valence-corrected chi connectivity index (χ2v) is 19.2. The molecular formula is C42H62Ac2O7. The summed E-state index contributed by atoms with van der Waals surface area (Å²) < 4.78 is 24.8. The molecule has 0 aromatic carbocycles. The van der Waals surface area contributed by atoms with Gasteiger partial charge in [-0.15, -0.1) is 0 Å². The van der Waals surface area contributed by atoms with E-state index in [1.54, 1.807) is 5.57 Å². The summed E-state index contributed by atoms with van der Waals surface area (Å²) in [6, 6.07) is 0. The first-order valence-corrected chi connectivity index (χ1v) is 20.2. The van der Waals surface area contributed by atoms with Crippen LogP contribution in [0.1, 0.15) is 124 Å². The van der Waals surface area contributed by atoms with Crippen molar-refractivity contribution in [1.82, 2.24) is 0 Å². The van der Waals surface area contributed by atoms with Crippen molar-refractivity contribution in [2.75, 3.05) is 26.4 Å². The van der Waals surface area contributed by atoms with Gasteiger partial charge in [0.25, 0.3) is 0 Å². The number of ether oxygens (including phenoxy) is 4. The Balaban J connectivity index is 0.000000153. The molecule has 6 saturated carbocycles. The molecule has 2 spiro atoms. The van der Waals surface area contributed by atoms with Crippen LogP contribution < -0.4 is 0 Å². The van der Waals surface area contributed by atoms with Gasteiger partial charge in [0.15, 0.2) is 17.4 Å². The SMILES string of the molecule is C[C@]12CCC(O)CC1=CC(=O)C1C2CC[C@@]2(C)C1CCC21OCCO1.C[C@]12CCC(O)CC1=CCC1C2CC[C@@]2(C)C1CCC21OCCO1.[Ac].[Ac]. The normalized spacial score (nSPS) is 49.7. The smallest absolute Gasteiger partial charge is 0.174 e. The molecule has 0 aromatic heterocycles. The van der Waals surface area contributed by atoms with Crippen molar-refractivity contribution in [1.29, 1.82) is 0 Å². The molecule has 0 amide bonds. The molecule has 51 heavy (non-hydrogen) atoms. The van der Waals surface area contributed by atoms with E-state index in [2.05, 4.69) is 33.8 Å². The summed E-state index contributed by atoms with van der Waals surface area (Å²) in [6.45, 7) is 12.5. The van der Waals surface area contributed by atoms with E-state index in [0.29, 0.717) is 42.7 Å².